The summed E-state index contributed by atoms with van der Waals surface area (Å²) in [6.45, 7) is 1.14. The Balaban J connectivity index is 1.27. The van der Waals surface area contributed by atoms with E-state index in [1.807, 2.05) is 47.4 Å². The second-order valence-electron chi connectivity index (χ2n) is 9.48. The number of carbonyl (C=O) groups is 2. The lowest BCUT2D eigenvalue weighted by atomic mass is 9.95. The van der Waals surface area contributed by atoms with E-state index in [1.165, 1.54) is 4.88 Å². The van der Waals surface area contributed by atoms with Gasteiger partial charge >= 0.3 is 0 Å². The standard InChI is InChI=1S/C29H32N2O4S/c1-34-22-11-12-25-26(29(33)30-27(25)17-22)18-28(32)31(21-7-2-3-8-21)19-20-6-4-9-23(16-20)35-14-13-24-10-5-15-36-24/h4-6,9-12,15-17,21,26H,2-3,7-8,13-14,18-19H2,1H3,(H,30,33)/t26-/m0/s1. The number of fused-ring (bicyclic) bond motifs is 1. The highest BCUT2D eigenvalue weighted by Gasteiger charge is 2.35. The van der Waals surface area contributed by atoms with Crippen molar-refractivity contribution in [2.75, 3.05) is 19.0 Å². The molecule has 1 atom stereocenters. The van der Waals surface area contributed by atoms with E-state index in [0.717, 1.165) is 54.7 Å². The van der Waals surface area contributed by atoms with Crippen LogP contribution in [0, 0.1) is 0 Å². The zero-order valence-corrected chi connectivity index (χ0v) is 21.4. The molecule has 5 rings (SSSR count). The van der Waals surface area contributed by atoms with E-state index in [0.29, 0.717) is 18.9 Å². The van der Waals surface area contributed by atoms with Crippen molar-refractivity contribution in [1.29, 1.82) is 0 Å². The molecule has 7 heteroatoms. The first-order valence-corrected chi connectivity index (χ1v) is 13.5. The molecule has 0 unspecified atom stereocenters. The van der Waals surface area contributed by atoms with Crippen molar-refractivity contribution in [2.24, 2.45) is 0 Å². The quantitative estimate of drug-likeness (QED) is 0.380. The molecule has 2 amide bonds. The van der Waals surface area contributed by atoms with Crippen LogP contribution < -0.4 is 14.8 Å². The van der Waals surface area contributed by atoms with Gasteiger partial charge in [0.05, 0.1) is 19.6 Å². The predicted molar refractivity (Wildman–Crippen MR) is 142 cm³/mol. The molecule has 36 heavy (non-hydrogen) atoms. The first-order chi connectivity index (χ1) is 17.6. The van der Waals surface area contributed by atoms with Crippen LogP contribution in [-0.2, 0) is 22.6 Å². The zero-order valence-electron chi connectivity index (χ0n) is 20.6. The van der Waals surface area contributed by atoms with Crippen LogP contribution in [0.4, 0.5) is 5.69 Å². The van der Waals surface area contributed by atoms with Gasteiger partial charge in [-0.1, -0.05) is 37.1 Å². The number of carbonyl (C=O) groups excluding carboxylic acids is 2. The Morgan fingerprint density at radius 1 is 1.08 bits per heavy atom. The molecule has 1 saturated carbocycles. The minimum atomic E-state index is -0.478. The summed E-state index contributed by atoms with van der Waals surface area (Å²) in [6.07, 6.45) is 5.32. The van der Waals surface area contributed by atoms with Gasteiger partial charge in [0.25, 0.3) is 0 Å². The predicted octanol–water partition coefficient (Wildman–Crippen LogP) is 5.78. The molecule has 6 nitrogen and oxygen atoms in total. The molecule has 0 radical (unpaired) electrons. The summed E-state index contributed by atoms with van der Waals surface area (Å²) in [5.74, 6) is 0.926. The van der Waals surface area contributed by atoms with Crippen LogP contribution in [0.5, 0.6) is 11.5 Å². The second-order valence-corrected chi connectivity index (χ2v) is 10.5. The smallest absolute Gasteiger partial charge is 0.232 e. The molecule has 1 aliphatic carbocycles. The van der Waals surface area contributed by atoms with Crippen molar-refractivity contribution >= 4 is 28.8 Å². The number of ether oxygens (including phenoxy) is 2. The van der Waals surface area contributed by atoms with Gasteiger partial charge in [-0.05, 0) is 53.6 Å². The monoisotopic (exact) mass is 504 g/mol. The molecule has 2 aromatic carbocycles. The molecule has 188 valence electrons. The molecule has 2 aliphatic rings. The number of thiophene rings is 1. The Morgan fingerprint density at radius 2 is 1.94 bits per heavy atom. The van der Waals surface area contributed by atoms with Crippen LogP contribution in [0.1, 0.15) is 54.0 Å². The maximum atomic E-state index is 13.6. The van der Waals surface area contributed by atoms with Crippen molar-refractivity contribution in [3.8, 4) is 11.5 Å². The number of hydrogen-bond acceptors (Lipinski definition) is 5. The van der Waals surface area contributed by atoms with Crippen molar-refractivity contribution in [2.45, 2.75) is 57.0 Å². The molecule has 1 N–H and O–H groups in total. The largest absolute Gasteiger partial charge is 0.497 e. The highest BCUT2D eigenvalue weighted by atomic mass is 32.1. The van der Waals surface area contributed by atoms with Crippen LogP contribution in [0.2, 0.25) is 0 Å². The summed E-state index contributed by atoms with van der Waals surface area (Å²) in [5.41, 5.74) is 2.64. The van der Waals surface area contributed by atoms with E-state index in [1.54, 1.807) is 18.4 Å². The highest BCUT2D eigenvalue weighted by molar-refractivity contribution is 7.09. The summed E-state index contributed by atoms with van der Waals surface area (Å²) in [6, 6.07) is 18.0. The van der Waals surface area contributed by atoms with Crippen LogP contribution in [-0.4, -0.2) is 36.5 Å². The molecule has 0 spiro atoms. The third-order valence-electron chi connectivity index (χ3n) is 7.12. The summed E-state index contributed by atoms with van der Waals surface area (Å²) < 4.78 is 11.3. The van der Waals surface area contributed by atoms with Gasteiger partial charge in [-0.2, -0.15) is 0 Å². The van der Waals surface area contributed by atoms with Gasteiger partial charge in [0.15, 0.2) is 0 Å². The van der Waals surface area contributed by atoms with Crippen molar-refractivity contribution in [1.82, 2.24) is 4.90 Å². The molecule has 0 bridgehead atoms. The van der Waals surface area contributed by atoms with Gasteiger partial charge in [0.2, 0.25) is 11.8 Å². The average molecular weight is 505 g/mol. The maximum Gasteiger partial charge on any atom is 0.232 e. The lowest BCUT2D eigenvalue weighted by Gasteiger charge is -2.30. The van der Waals surface area contributed by atoms with Crippen molar-refractivity contribution in [3.63, 3.8) is 0 Å². The number of rotatable bonds is 10. The van der Waals surface area contributed by atoms with Crippen molar-refractivity contribution in [3.05, 3.63) is 76.0 Å². The van der Waals surface area contributed by atoms with Crippen LogP contribution in [0.15, 0.2) is 60.0 Å². The Labute approximate surface area is 216 Å². The van der Waals surface area contributed by atoms with Gasteiger partial charge in [0.1, 0.15) is 11.5 Å². The first kappa shape index (κ1) is 24.4. The summed E-state index contributed by atoms with van der Waals surface area (Å²) in [7, 11) is 1.60. The Hall–Kier alpha value is -3.32. The fourth-order valence-electron chi connectivity index (χ4n) is 5.22. The van der Waals surface area contributed by atoms with E-state index < -0.39 is 5.92 Å². The van der Waals surface area contributed by atoms with E-state index >= 15 is 0 Å². The topological polar surface area (TPSA) is 67.9 Å². The Kier molecular flexibility index (Phi) is 7.56. The number of amides is 2. The molecule has 3 aromatic rings. The highest BCUT2D eigenvalue weighted by Crippen LogP contribution is 2.38. The maximum absolute atomic E-state index is 13.6. The molecule has 1 fully saturated rings. The van der Waals surface area contributed by atoms with Gasteiger partial charge in [-0.25, -0.2) is 0 Å². The molecule has 1 aromatic heterocycles. The number of methoxy groups -OCH3 is 1. The lowest BCUT2D eigenvalue weighted by Crippen LogP contribution is -2.39. The van der Waals surface area contributed by atoms with Crippen LogP contribution in [0.25, 0.3) is 0 Å². The first-order valence-electron chi connectivity index (χ1n) is 12.6. The molecule has 2 heterocycles. The summed E-state index contributed by atoms with van der Waals surface area (Å²) in [5, 5.41) is 5.00. The molecule has 1 aliphatic heterocycles. The van der Waals surface area contributed by atoms with Crippen LogP contribution in [0.3, 0.4) is 0 Å². The summed E-state index contributed by atoms with van der Waals surface area (Å²) in [4.78, 5) is 29.7. The minimum absolute atomic E-state index is 0.0229. The molecular formula is C29H32N2O4S. The van der Waals surface area contributed by atoms with Crippen molar-refractivity contribution < 1.29 is 19.1 Å². The lowest BCUT2D eigenvalue weighted by molar-refractivity contribution is -0.136. The fraction of sp³-hybridized carbons (Fsp3) is 0.379. The molecule has 0 saturated heterocycles. The number of benzene rings is 2. The third kappa shape index (κ3) is 5.57. The number of hydrogen-bond donors (Lipinski definition) is 1. The minimum Gasteiger partial charge on any atom is -0.497 e. The second kappa shape index (κ2) is 11.2. The van der Waals surface area contributed by atoms with Crippen LogP contribution >= 0.6 is 11.3 Å². The zero-order chi connectivity index (χ0) is 24.9. The third-order valence-corrected chi connectivity index (χ3v) is 8.06. The van der Waals surface area contributed by atoms with Gasteiger partial charge in [0, 0.05) is 42.1 Å². The summed E-state index contributed by atoms with van der Waals surface area (Å²) >= 11 is 1.74. The van der Waals surface area contributed by atoms with E-state index in [4.69, 9.17) is 9.47 Å². The van der Waals surface area contributed by atoms with Gasteiger partial charge in [-0.3, -0.25) is 9.59 Å². The fourth-order valence-corrected chi connectivity index (χ4v) is 5.91. The Morgan fingerprint density at radius 3 is 2.72 bits per heavy atom. The van der Waals surface area contributed by atoms with E-state index in [9.17, 15) is 9.59 Å². The number of anilines is 1. The number of nitrogens with one attached hydrogen (secondary N) is 1. The number of nitrogens with zero attached hydrogens (tertiary/aromatic N) is 1. The van der Waals surface area contributed by atoms with E-state index in [-0.39, 0.29) is 24.3 Å². The van der Waals surface area contributed by atoms with Gasteiger partial charge in [-0.15, -0.1) is 11.3 Å². The molecular weight excluding hydrogens is 472 g/mol. The SMILES string of the molecule is COc1ccc2c(c1)NC(=O)[C@H]2CC(=O)N(Cc1cccc(OCCc2cccs2)c1)C1CCCC1. The normalized spacial score (nSPS) is 17.0. The average Bonchev–Trinajstić information content (AvgIpc) is 3.65. The Bertz CT molecular complexity index is 1200. The van der Waals surface area contributed by atoms with E-state index in [2.05, 4.69) is 22.8 Å². The van der Waals surface area contributed by atoms with Gasteiger partial charge < -0.3 is 19.7 Å².